The standard InChI is InChI=1S/C15H20N6OS/c1-11-9-23-14(19-11)20-15(22)21-6-3-12(4-7-21)8-17-13-2-5-16-10-18-13/h2,5,9-10,12H,3-4,6-8H2,1H3,(H,16,17,18)(H,19,20,22). The van der Waals surface area contributed by atoms with E-state index in [0.29, 0.717) is 11.0 Å². The van der Waals surface area contributed by atoms with Crippen LogP contribution in [0.3, 0.4) is 0 Å². The number of carbonyl (C=O) groups is 1. The smallest absolute Gasteiger partial charge is 0.323 e. The van der Waals surface area contributed by atoms with Gasteiger partial charge in [-0.15, -0.1) is 11.3 Å². The third kappa shape index (κ3) is 4.38. The minimum Gasteiger partial charge on any atom is -0.370 e. The Kier molecular flexibility index (Phi) is 5.02. The van der Waals surface area contributed by atoms with Gasteiger partial charge in [0, 0.05) is 31.2 Å². The molecule has 8 heteroatoms. The lowest BCUT2D eigenvalue weighted by Gasteiger charge is -2.31. The van der Waals surface area contributed by atoms with Crippen molar-refractivity contribution in [1.29, 1.82) is 0 Å². The molecule has 0 atom stereocenters. The first kappa shape index (κ1) is 15.7. The Balaban J connectivity index is 1.42. The minimum absolute atomic E-state index is 0.0541. The van der Waals surface area contributed by atoms with Gasteiger partial charge < -0.3 is 10.2 Å². The molecule has 0 radical (unpaired) electrons. The molecule has 23 heavy (non-hydrogen) atoms. The molecule has 0 saturated carbocycles. The normalized spacial score (nSPS) is 15.4. The Bertz CT molecular complexity index is 638. The molecule has 0 bridgehead atoms. The molecule has 2 N–H and O–H groups in total. The molecule has 0 aliphatic carbocycles. The number of urea groups is 1. The number of aryl methyl sites for hydroxylation is 1. The van der Waals surface area contributed by atoms with Crippen LogP contribution in [0.15, 0.2) is 24.0 Å². The summed E-state index contributed by atoms with van der Waals surface area (Å²) in [6, 6.07) is 1.81. The van der Waals surface area contributed by atoms with Gasteiger partial charge in [0.25, 0.3) is 0 Å². The topological polar surface area (TPSA) is 83.0 Å². The van der Waals surface area contributed by atoms with Gasteiger partial charge in [-0.2, -0.15) is 0 Å². The number of nitrogens with zero attached hydrogens (tertiary/aromatic N) is 4. The third-order valence-electron chi connectivity index (χ3n) is 3.89. The number of carbonyl (C=O) groups excluding carboxylic acids is 1. The zero-order valence-corrected chi connectivity index (χ0v) is 13.8. The number of hydrogen-bond acceptors (Lipinski definition) is 6. The molecule has 2 aromatic rings. The van der Waals surface area contributed by atoms with Gasteiger partial charge in [0.05, 0.1) is 5.69 Å². The summed E-state index contributed by atoms with van der Waals surface area (Å²) in [6.45, 7) is 4.33. The highest BCUT2D eigenvalue weighted by Gasteiger charge is 2.23. The Morgan fingerprint density at radius 2 is 2.26 bits per heavy atom. The number of thiazole rings is 1. The van der Waals surface area contributed by atoms with Crippen LogP contribution in [0.1, 0.15) is 18.5 Å². The Hall–Kier alpha value is -2.22. The molecular formula is C15H20N6OS. The summed E-state index contributed by atoms with van der Waals surface area (Å²) < 4.78 is 0. The number of anilines is 2. The quantitative estimate of drug-likeness (QED) is 0.899. The number of hydrogen-bond donors (Lipinski definition) is 2. The van der Waals surface area contributed by atoms with E-state index in [1.165, 1.54) is 17.7 Å². The maximum atomic E-state index is 12.2. The summed E-state index contributed by atoms with van der Waals surface area (Å²) in [6.07, 6.45) is 5.24. The molecule has 1 aliphatic heterocycles. The predicted molar refractivity (Wildman–Crippen MR) is 90.7 cm³/mol. The van der Waals surface area contributed by atoms with Gasteiger partial charge >= 0.3 is 6.03 Å². The lowest BCUT2D eigenvalue weighted by atomic mass is 9.97. The summed E-state index contributed by atoms with van der Waals surface area (Å²) in [5.41, 5.74) is 0.930. The maximum absolute atomic E-state index is 12.2. The summed E-state index contributed by atoms with van der Waals surface area (Å²) in [7, 11) is 0. The van der Waals surface area contributed by atoms with Crippen LogP contribution in [0, 0.1) is 12.8 Å². The van der Waals surface area contributed by atoms with Crippen LogP contribution in [0.2, 0.25) is 0 Å². The number of piperidine rings is 1. The van der Waals surface area contributed by atoms with Crippen molar-refractivity contribution in [2.75, 3.05) is 30.3 Å². The molecular weight excluding hydrogens is 312 g/mol. The van der Waals surface area contributed by atoms with E-state index in [1.54, 1.807) is 6.20 Å². The van der Waals surface area contributed by atoms with Crippen molar-refractivity contribution >= 4 is 28.3 Å². The van der Waals surface area contributed by atoms with E-state index in [2.05, 4.69) is 25.6 Å². The molecule has 1 fully saturated rings. The van der Waals surface area contributed by atoms with Crippen molar-refractivity contribution in [3.05, 3.63) is 29.7 Å². The van der Waals surface area contributed by atoms with Gasteiger partial charge in [-0.25, -0.2) is 19.7 Å². The largest absolute Gasteiger partial charge is 0.370 e. The molecule has 0 spiro atoms. The van der Waals surface area contributed by atoms with Crippen LogP contribution in [0.5, 0.6) is 0 Å². The van der Waals surface area contributed by atoms with Crippen LogP contribution in [0.4, 0.5) is 15.7 Å². The van der Waals surface area contributed by atoms with Crippen LogP contribution in [0.25, 0.3) is 0 Å². The van der Waals surface area contributed by atoms with E-state index in [-0.39, 0.29) is 6.03 Å². The second kappa shape index (κ2) is 7.36. The molecule has 122 valence electrons. The zero-order valence-electron chi connectivity index (χ0n) is 13.0. The van der Waals surface area contributed by atoms with Crippen molar-refractivity contribution in [2.24, 2.45) is 5.92 Å². The predicted octanol–water partition coefficient (Wildman–Crippen LogP) is 2.60. The highest BCUT2D eigenvalue weighted by atomic mass is 32.1. The second-order valence-corrected chi connectivity index (χ2v) is 6.49. The van der Waals surface area contributed by atoms with Crippen molar-refractivity contribution < 1.29 is 4.79 Å². The number of likely N-dealkylation sites (tertiary alicyclic amines) is 1. The molecule has 7 nitrogen and oxygen atoms in total. The lowest BCUT2D eigenvalue weighted by Crippen LogP contribution is -2.42. The first-order valence-corrected chi connectivity index (χ1v) is 8.56. The Morgan fingerprint density at radius 3 is 2.91 bits per heavy atom. The number of amides is 2. The molecule has 3 rings (SSSR count). The van der Waals surface area contributed by atoms with E-state index in [1.807, 2.05) is 23.3 Å². The van der Waals surface area contributed by atoms with Crippen molar-refractivity contribution in [3.8, 4) is 0 Å². The van der Waals surface area contributed by atoms with E-state index >= 15 is 0 Å². The second-order valence-electron chi connectivity index (χ2n) is 5.63. The van der Waals surface area contributed by atoms with Gasteiger partial charge in [-0.1, -0.05) is 0 Å². The number of rotatable bonds is 4. The summed E-state index contributed by atoms with van der Waals surface area (Å²) >= 11 is 1.46. The van der Waals surface area contributed by atoms with E-state index in [0.717, 1.165) is 44.0 Å². The summed E-state index contributed by atoms with van der Waals surface area (Å²) in [5.74, 6) is 1.40. The fraction of sp³-hybridized carbons (Fsp3) is 0.467. The molecule has 2 amide bonds. The molecule has 0 unspecified atom stereocenters. The summed E-state index contributed by atoms with van der Waals surface area (Å²) in [4.78, 5) is 26.4. The first-order chi connectivity index (χ1) is 11.2. The molecule has 3 heterocycles. The highest BCUT2D eigenvalue weighted by molar-refractivity contribution is 7.13. The first-order valence-electron chi connectivity index (χ1n) is 7.68. The average Bonchev–Trinajstić information content (AvgIpc) is 2.99. The summed E-state index contributed by atoms with van der Waals surface area (Å²) in [5, 5.41) is 8.79. The van der Waals surface area contributed by atoms with E-state index < -0.39 is 0 Å². The zero-order chi connectivity index (χ0) is 16.1. The van der Waals surface area contributed by atoms with E-state index in [4.69, 9.17) is 0 Å². The highest BCUT2D eigenvalue weighted by Crippen LogP contribution is 2.20. The Labute approximate surface area is 139 Å². The molecule has 1 saturated heterocycles. The van der Waals surface area contributed by atoms with Crippen LogP contribution in [-0.2, 0) is 0 Å². The Morgan fingerprint density at radius 1 is 1.43 bits per heavy atom. The fourth-order valence-corrected chi connectivity index (χ4v) is 3.24. The van der Waals surface area contributed by atoms with Crippen LogP contribution >= 0.6 is 11.3 Å². The van der Waals surface area contributed by atoms with Gasteiger partial charge in [0.2, 0.25) is 0 Å². The van der Waals surface area contributed by atoms with Crippen molar-refractivity contribution in [3.63, 3.8) is 0 Å². The van der Waals surface area contributed by atoms with Gasteiger partial charge in [-0.3, -0.25) is 5.32 Å². The van der Waals surface area contributed by atoms with Crippen molar-refractivity contribution in [2.45, 2.75) is 19.8 Å². The third-order valence-corrected chi connectivity index (χ3v) is 4.76. The van der Waals surface area contributed by atoms with Gasteiger partial charge in [0.1, 0.15) is 12.1 Å². The average molecular weight is 332 g/mol. The molecule has 0 aromatic carbocycles. The number of nitrogens with one attached hydrogen (secondary N) is 2. The van der Waals surface area contributed by atoms with E-state index in [9.17, 15) is 4.79 Å². The SMILES string of the molecule is Cc1csc(NC(=O)N2CCC(CNc3ccncn3)CC2)n1. The number of aromatic nitrogens is 3. The fourth-order valence-electron chi connectivity index (χ4n) is 2.57. The monoisotopic (exact) mass is 332 g/mol. The minimum atomic E-state index is -0.0541. The lowest BCUT2D eigenvalue weighted by molar-refractivity contribution is 0.185. The molecule has 1 aliphatic rings. The molecule has 2 aromatic heterocycles. The van der Waals surface area contributed by atoms with Crippen LogP contribution < -0.4 is 10.6 Å². The van der Waals surface area contributed by atoms with Gasteiger partial charge in [-0.05, 0) is 31.7 Å². The van der Waals surface area contributed by atoms with Crippen LogP contribution in [-0.4, -0.2) is 45.5 Å². The van der Waals surface area contributed by atoms with Crippen molar-refractivity contribution in [1.82, 2.24) is 19.9 Å². The van der Waals surface area contributed by atoms with Gasteiger partial charge in [0.15, 0.2) is 5.13 Å². The maximum Gasteiger partial charge on any atom is 0.323 e.